The summed E-state index contributed by atoms with van der Waals surface area (Å²) in [6.45, 7) is 7.52. The molecule has 2 saturated heterocycles. The minimum atomic E-state index is -0.141. The molecule has 0 aliphatic carbocycles. The molecule has 0 unspecified atom stereocenters. The first-order chi connectivity index (χ1) is 17.5. The van der Waals surface area contributed by atoms with Crippen LogP contribution in [-0.2, 0) is 17.9 Å². The summed E-state index contributed by atoms with van der Waals surface area (Å²) in [5.41, 5.74) is 2.58. The van der Waals surface area contributed by atoms with Gasteiger partial charge in [0.2, 0.25) is 5.91 Å². The Morgan fingerprint density at radius 1 is 0.972 bits per heavy atom. The van der Waals surface area contributed by atoms with Crippen LogP contribution in [0.5, 0.6) is 0 Å². The van der Waals surface area contributed by atoms with Crippen molar-refractivity contribution in [3.63, 3.8) is 0 Å². The van der Waals surface area contributed by atoms with Gasteiger partial charge in [-0.25, -0.2) is 4.98 Å². The Kier molecular flexibility index (Phi) is 7.51. The van der Waals surface area contributed by atoms with Crippen LogP contribution in [0.4, 0.5) is 0 Å². The predicted octanol–water partition coefficient (Wildman–Crippen LogP) is 4.56. The topological polar surface area (TPSA) is 61.7 Å². The first-order valence-electron chi connectivity index (χ1n) is 12.6. The number of fused-ring (bicyclic) bond motifs is 1. The van der Waals surface area contributed by atoms with Crippen LogP contribution in [0, 0.1) is 5.92 Å². The minimum Gasteiger partial charge on any atom is -0.339 e. The molecular formula is C27H31Cl2N5O2. The number of imidazole rings is 1. The highest BCUT2D eigenvalue weighted by atomic mass is 35.5. The van der Waals surface area contributed by atoms with Crippen molar-refractivity contribution < 1.29 is 9.59 Å². The van der Waals surface area contributed by atoms with E-state index >= 15 is 0 Å². The fraction of sp³-hybridized carbons (Fsp3) is 0.444. The van der Waals surface area contributed by atoms with Crippen LogP contribution in [0.25, 0.3) is 11.0 Å². The summed E-state index contributed by atoms with van der Waals surface area (Å²) in [5.74, 6) is 1.08. The second-order valence-corrected chi connectivity index (χ2v) is 10.3. The molecule has 3 aromatic rings. The highest BCUT2D eigenvalue weighted by Crippen LogP contribution is 2.27. The number of aryl methyl sites for hydroxylation is 1. The second-order valence-electron chi connectivity index (χ2n) is 9.55. The van der Waals surface area contributed by atoms with Gasteiger partial charge in [-0.1, -0.05) is 41.4 Å². The Hall–Kier alpha value is -2.61. The van der Waals surface area contributed by atoms with Crippen LogP contribution in [0.1, 0.15) is 35.9 Å². The summed E-state index contributed by atoms with van der Waals surface area (Å²) in [5, 5.41) is 0.647. The number of rotatable bonds is 5. The molecule has 1 aromatic heterocycles. The van der Waals surface area contributed by atoms with Crippen molar-refractivity contribution in [2.45, 2.75) is 32.9 Å². The first kappa shape index (κ1) is 25.1. The molecule has 0 spiro atoms. The molecule has 1 atom stereocenters. The Morgan fingerprint density at radius 2 is 1.72 bits per heavy atom. The van der Waals surface area contributed by atoms with Crippen molar-refractivity contribution in [1.29, 1.82) is 0 Å². The number of hydrogen-bond acceptors (Lipinski definition) is 4. The van der Waals surface area contributed by atoms with E-state index in [9.17, 15) is 9.59 Å². The SMILES string of the molecule is CCn1c(CN2CCC[C@@H](C(=O)N3CCN(C(=O)c4cccc(Cl)c4Cl)CC3)C2)nc2ccccc21. The third kappa shape index (κ3) is 4.97. The molecule has 7 nitrogen and oxygen atoms in total. The maximum atomic E-state index is 13.4. The van der Waals surface area contributed by atoms with E-state index in [4.69, 9.17) is 28.2 Å². The van der Waals surface area contributed by atoms with Crippen molar-refractivity contribution >= 4 is 46.0 Å². The van der Waals surface area contributed by atoms with Gasteiger partial charge in [0.15, 0.2) is 0 Å². The highest BCUT2D eigenvalue weighted by molar-refractivity contribution is 6.43. The maximum absolute atomic E-state index is 13.4. The standard InChI is InChI=1S/C27H31Cl2N5O2/c1-2-34-23-11-4-3-10-22(23)30-24(34)18-31-12-6-7-19(17-31)26(35)32-13-15-33(16-14-32)27(36)20-8-5-9-21(28)25(20)29/h3-5,8-11,19H,2,6-7,12-18H2,1H3/t19-/m1/s1. The van der Waals surface area contributed by atoms with Crippen molar-refractivity contribution in [2.24, 2.45) is 5.92 Å². The number of amides is 2. The second kappa shape index (κ2) is 10.8. The summed E-state index contributed by atoms with van der Waals surface area (Å²) in [6.07, 6.45) is 1.89. The maximum Gasteiger partial charge on any atom is 0.255 e. The zero-order valence-corrected chi connectivity index (χ0v) is 22.0. The lowest BCUT2D eigenvalue weighted by molar-refractivity contribution is -0.139. The molecule has 0 saturated carbocycles. The summed E-state index contributed by atoms with van der Waals surface area (Å²) >= 11 is 12.3. The molecule has 3 heterocycles. The minimum absolute atomic E-state index is 0.0252. The first-order valence-corrected chi connectivity index (χ1v) is 13.4. The molecule has 0 radical (unpaired) electrons. The molecule has 5 rings (SSSR count). The van der Waals surface area contributed by atoms with Gasteiger partial charge in [0.05, 0.1) is 39.1 Å². The zero-order chi connectivity index (χ0) is 25.2. The van der Waals surface area contributed by atoms with Gasteiger partial charge < -0.3 is 14.4 Å². The number of likely N-dealkylation sites (tertiary alicyclic amines) is 1. The van der Waals surface area contributed by atoms with E-state index in [-0.39, 0.29) is 22.8 Å². The number of nitrogens with zero attached hydrogens (tertiary/aromatic N) is 5. The van der Waals surface area contributed by atoms with E-state index in [0.29, 0.717) is 36.8 Å². The summed E-state index contributed by atoms with van der Waals surface area (Å²) in [7, 11) is 0. The largest absolute Gasteiger partial charge is 0.339 e. The monoisotopic (exact) mass is 527 g/mol. The molecule has 2 aliphatic rings. The summed E-state index contributed by atoms with van der Waals surface area (Å²) in [6, 6.07) is 13.3. The number of carbonyl (C=O) groups excluding carboxylic acids is 2. The van der Waals surface area contributed by atoms with Crippen molar-refractivity contribution in [3.8, 4) is 0 Å². The molecular weight excluding hydrogens is 497 g/mol. The molecule has 36 heavy (non-hydrogen) atoms. The Labute approximate surface area is 221 Å². The van der Waals surface area contributed by atoms with Gasteiger partial charge in [0, 0.05) is 39.3 Å². The molecule has 0 bridgehead atoms. The lowest BCUT2D eigenvalue weighted by Gasteiger charge is -2.39. The Morgan fingerprint density at radius 3 is 2.50 bits per heavy atom. The van der Waals surface area contributed by atoms with Gasteiger partial charge in [-0.2, -0.15) is 0 Å². The Balaban J connectivity index is 1.19. The number of halogens is 2. The fourth-order valence-electron chi connectivity index (χ4n) is 5.43. The van der Waals surface area contributed by atoms with Crippen molar-refractivity contribution in [2.75, 3.05) is 39.3 Å². The van der Waals surface area contributed by atoms with Gasteiger partial charge in [-0.05, 0) is 50.6 Å². The number of para-hydroxylation sites is 2. The quantitative estimate of drug-likeness (QED) is 0.487. The molecule has 2 aromatic carbocycles. The van der Waals surface area contributed by atoms with Gasteiger partial charge in [-0.3, -0.25) is 14.5 Å². The molecule has 2 aliphatic heterocycles. The summed E-state index contributed by atoms with van der Waals surface area (Å²) in [4.78, 5) is 37.2. The van der Waals surface area contributed by atoms with E-state index in [1.54, 1.807) is 23.1 Å². The van der Waals surface area contributed by atoms with E-state index in [1.165, 1.54) is 0 Å². The number of aromatic nitrogens is 2. The number of benzene rings is 2. The smallest absolute Gasteiger partial charge is 0.255 e. The summed E-state index contributed by atoms with van der Waals surface area (Å²) < 4.78 is 2.27. The number of carbonyl (C=O) groups is 2. The molecule has 2 amide bonds. The van der Waals surface area contributed by atoms with Crippen LogP contribution < -0.4 is 0 Å². The van der Waals surface area contributed by atoms with E-state index < -0.39 is 0 Å². The van der Waals surface area contributed by atoms with Crippen LogP contribution >= 0.6 is 23.2 Å². The van der Waals surface area contributed by atoms with Gasteiger partial charge in [0.25, 0.3) is 5.91 Å². The molecule has 2 fully saturated rings. The molecule has 190 valence electrons. The molecule has 9 heteroatoms. The Bertz CT molecular complexity index is 1270. The van der Waals surface area contributed by atoms with Crippen LogP contribution in [0.3, 0.4) is 0 Å². The fourth-order valence-corrected chi connectivity index (χ4v) is 5.81. The predicted molar refractivity (Wildman–Crippen MR) is 142 cm³/mol. The normalized spacial score (nSPS) is 19.1. The third-order valence-corrected chi connectivity index (χ3v) is 8.15. The van der Waals surface area contributed by atoms with Crippen LogP contribution in [0.15, 0.2) is 42.5 Å². The van der Waals surface area contributed by atoms with Gasteiger partial charge in [0.1, 0.15) is 5.82 Å². The van der Waals surface area contributed by atoms with E-state index in [1.807, 2.05) is 17.0 Å². The lowest BCUT2D eigenvalue weighted by Crippen LogP contribution is -2.53. The van der Waals surface area contributed by atoms with Crippen LogP contribution in [0.2, 0.25) is 10.0 Å². The van der Waals surface area contributed by atoms with Gasteiger partial charge in [-0.15, -0.1) is 0 Å². The lowest BCUT2D eigenvalue weighted by atomic mass is 9.96. The highest BCUT2D eigenvalue weighted by Gasteiger charge is 2.33. The van der Waals surface area contributed by atoms with E-state index in [2.05, 4.69) is 28.5 Å². The third-order valence-electron chi connectivity index (χ3n) is 7.33. The average Bonchev–Trinajstić information content (AvgIpc) is 3.26. The number of hydrogen-bond donors (Lipinski definition) is 0. The van der Waals surface area contributed by atoms with Gasteiger partial charge >= 0.3 is 0 Å². The zero-order valence-electron chi connectivity index (χ0n) is 20.5. The van der Waals surface area contributed by atoms with Crippen molar-refractivity contribution in [3.05, 3.63) is 63.9 Å². The number of piperazine rings is 1. The number of piperidine rings is 1. The van der Waals surface area contributed by atoms with Crippen molar-refractivity contribution in [1.82, 2.24) is 24.3 Å². The average molecular weight is 528 g/mol. The molecule has 0 N–H and O–H groups in total. The van der Waals surface area contributed by atoms with E-state index in [0.717, 1.165) is 55.9 Å². The van der Waals surface area contributed by atoms with Crippen LogP contribution in [-0.4, -0.2) is 75.3 Å².